The number of hydrogen-bond acceptors (Lipinski definition) is 2. The SMILES string of the molecule is CCCCc1cccnc1-c1ccccn1.[Cu]. The molecule has 93 valence electrons. The number of unbranched alkanes of at least 4 members (excludes halogenated alkanes) is 1. The molecule has 2 aromatic heterocycles. The zero-order valence-corrected chi connectivity index (χ0v) is 10.8. The molecule has 0 aliphatic rings. The van der Waals surface area contributed by atoms with Gasteiger partial charge in [0.25, 0.3) is 0 Å². The molecule has 17 heavy (non-hydrogen) atoms. The van der Waals surface area contributed by atoms with E-state index in [0.717, 1.165) is 17.8 Å². The van der Waals surface area contributed by atoms with Gasteiger partial charge in [-0.3, -0.25) is 9.97 Å². The molecule has 0 spiro atoms. The molecule has 0 unspecified atom stereocenters. The van der Waals surface area contributed by atoms with E-state index in [1.54, 1.807) is 0 Å². The van der Waals surface area contributed by atoms with Crippen molar-refractivity contribution in [2.75, 3.05) is 0 Å². The fraction of sp³-hybridized carbons (Fsp3) is 0.286. The van der Waals surface area contributed by atoms with Crippen molar-refractivity contribution >= 4 is 0 Å². The third kappa shape index (κ3) is 3.65. The standard InChI is InChI=1S/C14H16N2.Cu/c1-2-3-7-12-8-6-11-16-14(12)13-9-4-5-10-15-13;/h4-6,8-11H,2-3,7H2,1H3;. The molecule has 0 aliphatic heterocycles. The summed E-state index contributed by atoms with van der Waals surface area (Å²) >= 11 is 0. The van der Waals surface area contributed by atoms with Gasteiger partial charge in [0, 0.05) is 29.5 Å². The summed E-state index contributed by atoms with van der Waals surface area (Å²) in [6.45, 7) is 2.21. The van der Waals surface area contributed by atoms with Crippen molar-refractivity contribution in [2.24, 2.45) is 0 Å². The van der Waals surface area contributed by atoms with Gasteiger partial charge in [0.05, 0.1) is 11.4 Å². The first kappa shape index (κ1) is 13.9. The molecule has 0 atom stereocenters. The maximum atomic E-state index is 4.44. The Kier molecular flexibility index (Phi) is 5.88. The van der Waals surface area contributed by atoms with Gasteiger partial charge in [0.1, 0.15) is 0 Å². The third-order valence-corrected chi connectivity index (χ3v) is 2.60. The molecule has 2 nitrogen and oxygen atoms in total. The number of aryl methyl sites for hydroxylation is 1. The zero-order chi connectivity index (χ0) is 11.2. The van der Waals surface area contributed by atoms with Crippen LogP contribution in [0.4, 0.5) is 0 Å². The van der Waals surface area contributed by atoms with E-state index in [4.69, 9.17) is 0 Å². The number of hydrogen-bond donors (Lipinski definition) is 0. The van der Waals surface area contributed by atoms with Gasteiger partial charge in [0.2, 0.25) is 0 Å². The van der Waals surface area contributed by atoms with Crippen molar-refractivity contribution in [1.29, 1.82) is 0 Å². The predicted molar refractivity (Wildman–Crippen MR) is 66.1 cm³/mol. The first-order valence-electron chi connectivity index (χ1n) is 5.77. The Bertz CT molecular complexity index is 443. The second-order valence-corrected chi connectivity index (χ2v) is 3.83. The van der Waals surface area contributed by atoms with E-state index in [9.17, 15) is 0 Å². The minimum atomic E-state index is 0. The summed E-state index contributed by atoms with van der Waals surface area (Å²) in [6.07, 6.45) is 7.13. The largest absolute Gasteiger partial charge is 0.255 e. The Balaban J connectivity index is 0.00000144. The summed E-state index contributed by atoms with van der Waals surface area (Å²) in [4.78, 5) is 8.79. The first-order chi connectivity index (χ1) is 7.92. The molecule has 0 saturated carbocycles. The van der Waals surface area contributed by atoms with Crippen molar-refractivity contribution in [3.8, 4) is 11.4 Å². The van der Waals surface area contributed by atoms with E-state index >= 15 is 0 Å². The summed E-state index contributed by atoms with van der Waals surface area (Å²) in [6, 6.07) is 10.1. The topological polar surface area (TPSA) is 25.8 Å². The van der Waals surface area contributed by atoms with Gasteiger partial charge in [-0.25, -0.2) is 0 Å². The second kappa shape index (κ2) is 7.20. The molecule has 1 radical (unpaired) electrons. The molecule has 0 aromatic carbocycles. The van der Waals surface area contributed by atoms with Crippen LogP contribution in [0.3, 0.4) is 0 Å². The van der Waals surface area contributed by atoms with Crippen molar-refractivity contribution in [1.82, 2.24) is 9.97 Å². The van der Waals surface area contributed by atoms with Crippen LogP contribution in [0.5, 0.6) is 0 Å². The molecule has 3 heteroatoms. The van der Waals surface area contributed by atoms with Crippen LogP contribution in [0.2, 0.25) is 0 Å². The predicted octanol–water partition coefficient (Wildman–Crippen LogP) is 3.48. The molecular formula is C14H16CuN2. The summed E-state index contributed by atoms with van der Waals surface area (Å²) in [5.41, 5.74) is 3.29. The number of pyridine rings is 2. The van der Waals surface area contributed by atoms with Gasteiger partial charge in [-0.1, -0.05) is 25.5 Å². The summed E-state index contributed by atoms with van der Waals surface area (Å²) in [5.74, 6) is 0. The van der Waals surface area contributed by atoms with Crippen LogP contribution >= 0.6 is 0 Å². The normalized spacial score (nSPS) is 9.71. The number of aromatic nitrogens is 2. The summed E-state index contributed by atoms with van der Waals surface area (Å²) in [7, 11) is 0. The summed E-state index contributed by atoms with van der Waals surface area (Å²) < 4.78 is 0. The van der Waals surface area contributed by atoms with Crippen LogP contribution in [-0.4, -0.2) is 9.97 Å². The van der Waals surface area contributed by atoms with Crippen LogP contribution in [0, 0.1) is 0 Å². The quantitative estimate of drug-likeness (QED) is 0.799. The fourth-order valence-corrected chi connectivity index (χ4v) is 1.74. The van der Waals surface area contributed by atoms with Crippen LogP contribution in [0.15, 0.2) is 42.7 Å². The molecule has 0 amide bonds. The van der Waals surface area contributed by atoms with E-state index in [2.05, 4.69) is 23.0 Å². The van der Waals surface area contributed by atoms with Crippen molar-refractivity contribution < 1.29 is 17.1 Å². The van der Waals surface area contributed by atoms with Crippen LogP contribution in [-0.2, 0) is 23.5 Å². The molecule has 0 bridgehead atoms. The maximum absolute atomic E-state index is 4.44. The molecule has 2 aromatic rings. The minimum absolute atomic E-state index is 0. The second-order valence-electron chi connectivity index (χ2n) is 3.83. The van der Waals surface area contributed by atoms with Gasteiger partial charge in [-0.05, 0) is 36.6 Å². The molecule has 2 rings (SSSR count). The molecule has 0 fully saturated rings. The Morgan fingerprint density at radius 1 is 1.00 bits per heavy atom. The zero-order valence-electron chi connectivity index (χ0n) is 9.86. The van der Waals surface area contributed by atoms with Crippen LogP contribution < -0.4 is 0 Å². The van der Waals surface area contributed by atoms with E-state index < -0.39 is 0 Å². The van der Waals surface area contributed by atoms with Crippen LogP contribution in [0.1, 0.15) is 25.3 Å². The molecule has 0 saturated heterocycles. The van der Waals surface area contributed by atoms with Crippen LogP contribution in [0.25, 0.3) is 11.4 Å². The first-order valence-corrected chi connectivity index (χ1v) is 5.77. The third-order valence-electron chi connectivity index (χ3n) is 2.60. The van der Waals surface area contributed by atoms with E-state index in [1.807, 2.05) is 36.7 Å². The Morgan fingerprint density at radius 3 is 2.53 bits per heavy atom. The number of rotatable bonds is 4. The number of nitrogens with zero attached hydrogens (tertiary/aromatic N) is 2. The average molecular weight is 276 g/mol. The molecular weight excluding hydrogens is 260 g/mol. The molecule has 0 aliphatic carbocycles. The Hall–Kier alpha value is -1.18. The minimum Gasteiger partial charge on any atom is -0.255 e. The summed E-state index contributed by atoms with van der Waals surface area (Å²) in [5, 5.41) is 0. The van der Waals surface area contributed by atoms with Crippen molar-refractivity contribution in [2.45, 2.75) is 26.2 Å². The Morgan fingerprint density at radius 2 is 1.82 bits per heavy atom. The molecule has 2 heterocycles. The van der Waals surface area contributed by atoms with E-state index in [1.165, 1.54) is 18.4 Å². The van der Waals surface area contributed by atoms with E-state index in [-0.39, 0.29) is 17.1 Å². The Labute approximate surface area is 113 Å². The van der Waals surface area contributed by atoms with Gasteiger partial charge < -0.3 is 0 Å². The van der Waals surface area contributed by atoms with Crippen molar-refractivity contribution in [3.63, 3.8) is 0 Å². The van der Waals surface area contributed by atoms with Gasteiger partial charge in [0.15, 0.2) is 0 Å². The monoisotopic (exact) mass is 275 g/mol. The smallest absolute Gasteiger partial charge is 0.0918 e. The molecule has 0 N–H and O–H groups in total. The van der Waals surface area contributed by atoms with Gasteiger partial charge in [-0.2, -0.15) is 0 Å². The maximum Gasteiger partial charge on any atom is 0.0918 e. The van der Waals surface area contributed by atoms with Crippen molar-refractivity contribution in [3.05, 3.63) is 48.3 Å². The fourth-order valence-electron chi connectivity index (χ4n) is 1.74. The van der Waals surface area contributed by atoms with Gasteiger partial charge in [-0.15, -0.1) is 0 Å². The van der Waals surface area contributed by atoms with Gasteiger partial charge >= 0.3 is 0 Å². The average Bonchev–Trinajstić information content (AvgIpc) is 2.38. The van der Waals surface area contributed by atoms with E-state index in [0.29, 0.717) is 0 Å².